The number of benzene rings is 4. The molecular formula is C31H28O4. The van der Waals surface area contributed by atoms with E-state index in [1.165, 1.54) is 22.3 Å². The van der Waals surface area contributed by atoms with Gasteiger partial charge in [0.1, 0.15) is 0 Å². The molecule has 2 heterocycles. The van der Waals surface area contributed by atoms with Crippen molar-refractivity contribution in [3.63, 3.8) is 0 Å². The Labute approximate surface area is 206 Å². The Hall–Kier alpha value is -3.28. The van der Waals surface area contributed by atoms with E-state index in [9.17, 15) is 0 Å². The summed E-state index contributed by atoms with van der Waals surface area (Å²) in [7, 11) is 0. The van der Waals surface area contributed by atoms with Crippen molar-refractivity contribution in [1.29, 1.82) is 0 Å². The molecule has 0 aromatic heterocycles. The summed E-state index contributed by atoms with van der Waals surface area (Å²) in [4.78, 5) is 0. The molecule has 1 spiro atoms. The molecule has 0 saturated carbocycles. The highest BCUT2D eigenvalue weighted by atomic mass is 16.7. The first-order valence-electron chi connectivity index (χ1n) is 12.1. The van der Waals surface area contributed by atoms with E-state index in [4.69, 9.17) is 18.9 Å². The van der Waals surface area contributed by atoms with E-state index in [1.54, 1.807) is 0 Å². The van der Waals surface area contributed by atoms with Crippen LogP contribution in [0.3, 0.4) is 0 Å². The Morgan fingerprint density at radius 1 is 0.400 bits per heavy atom. The molecule has 4 heteroatoms. The number of hydrogen-bond donors (Lipinski definition) is 0. The Morgan fingerprint density at radius 2 is 0.714 bits per heavy atom. The van der Waals surface area contributed by atoms with Gasteiger partial charge in [0, 0.05) is 11.1 Å². The van der Waals surface area contributed by atoms with Gasteiger partial charge in [0.05, 0.1) is 31.8 Å². The standard InChI is InChI=1S/C31H28O4/c1-3-7-23(8-4-1)25-11-15-27(16-12-25)29-32-19-31(20-33-29)21-34-30(35-22-31)28-17-13-26(14-18-28)24-9-5-2-6-10-24/h1-18,29-30H,19-22H2. The largest absolute Gasteiger partial charge is 0.348 e. The van der Waals surface area contributed by atoms with Crippen molar-refractivity contribution in [2.45, 2.75) is 12.6 Å². The van der Waals surface area contributed by atoms with E-state index in [-0.39, 0.29) is 18.0 Å². The van der Waals surface area contributed by atoms with Gasteiger partial charge in [-0.1, -0.05) is 109 Å². The van der Waals surface area contributed by atoms with Gasteiger partial charge < -0.3 is 18.9 Å². The predicted octanol–water partition coefficient (Wildman–Crippen LogP) is 6.80. The van der Waals surface area contributed by atoms with Crippen molar-refractivity contribution in [3.05, 3.63) is 120 Å². The Kier molecular flexibility index (Phi) is 6.19. The highest BCUT2D eigenvalue weighted by molar-refractivity contribution is 5.64. The van der Waals surface area contributed by atoms with Gasteiger partial charge in [0.15, 0.2) is 12.6 Å². The molecule has 0 N–H and O–H groups in total. The highest BCUT2D eigenvalue weighted by Gasteiger charge is 2.42. The molecular weight excluding hydrogens is 436 g/mol. The fourth-order valence-corrected chi connectivity index (χ4v) is 4.67. The summed E-state index contributed by atoms with van der Waals surface area (Å²) >= 11 is 0. The molecule has 0 radical (unpaired) electrons. The van der Waals surface area contributed by atoms with Gasteiger partial charge in [-0.2, -0.15) is 0 Å². The molecule has 6 rings (SSSR count). The topological polar surface area (TPSA) is 36.9 Å². The summed E-state index contributed by atoms with van der Waals surface area (Å²) in [6, 6.07) is 37.5. The number of hydrogen-bond acceptors (Lipinski definition) is 4. The van der Waals surface area contributed by atoms with Gasteiger partial charge in [-0.3, -0.25) is 0 Å². The molecule has 176 valence electrons. The zero-order valence-corrected chi connectivity index (χ0v) is 19.5. The van der Waals surface area contributed by atoms with Crippen LogP contribution < -0.4 is 0 Å². The van der Waals surface area contributed by atoms with Crippen LogP contribution in [0.1, 0.15) is 23.7 Å². The summed E-state index contributed by atoms with van der Waals surface area (Å²) in [5, 5.41) is 0. The van der Waals surface area contributed by atoms with Gasteiger partial charge in [-0.05, 0) is 22.3 Å². The third kappa shape index (κ3) is 4.79. The molecule has 2 aliphatic heterocycles. The molecule has 0 bridgehead atoms. The zero-order chi connectivity index (χ0) is 23.5. The van der Waals surface area contributed by atoms with Crippen molar-refractivity contribution in [2.75, 3.05) is 26.4 Å². The second-order valence-corrected chi connectivity index (χ2v) is 9.38. The smallest absolute Gasteiger partial charge is 0.183 e. The summed E-state index contributed by atoms with van der Waals surface area (Å²) in [5.41, 5.74) is 6.52. The fraction of sp³-hybridized carbons (Fsp3) is 0.226. The van der Waals surface area contributed by atoms with E-state index >= 15 is 0 Å². The minimum atomic E-state index is -0.367. The first-order chi connectivity index (χ1) is 17.3. The monoisotopic (exact) mass is 464 g/mol. The molecule has 4 aromatic carbocycles. The molecule has 2 fully saturated rings. The van der Waals surface area contributed by atoms with E-state index in [2.05, 4.69) is 97.1 Å². The van der Waals surface area contributed by atoms with Gasteiger partial charge in [-0.15, -0.1) is 0 Å². The summed E-state index contributed by atoms with van der Waals surface area (Å²) in [6.07, 6.45) is -0.734. The first kappa shape index (κ1) is 22.2. The lowest BCUT2D eigenvalue weighted by atomic mass is 9.90. The maximum Gasteiger partial charge on any atom is 0.183 e. The minimum Gasteiger partial charge on any atom is -0.348 e. The maximum absolute atomic E-state index is 6.13. The molecule has 0 amide bonds. The second-order valence-electron chi connectivity index (χ2n) is 9.38. The van der Waals surface area contributed by atoms with Crippen molar-refractivity contribution >= 4 is 0 Å². The van der Waals surface area contributed by atoms with E-state index < -0.39 is 0 Å². The summed E-state index contributed by atoms with van der Waals surface area (Å²) in [5.74, 6) is 0. The SMILES string of the molecule is c1ccc(-c2ccc(C3OCC4(CO3)COC(c3ccc(-c5ccccc5)cc3)OC4)cc2)cc1. The third-order valence-corrected chi connectivity index (χ3v) is 6.74. The van der Waals surface area contributed by atoms with E-state index in [0.717, 1.165) is 11.1 Å². The normalized spacial score (nSPS) is 24.3. The first-order valence-corrected chi connectivity index (χ1v) is 12.1. The minimum absolute atomic E-state index is 0.277. The number of rotatable bonds is 4. The lowest BCUT2D eigenvalue weighted by molar-refractivity contribution is -0.307. The van der Waals surface area contributed by atoms with Gasteiger partial charge in [0.2, 0.25) is 0 Å². The molecule has 0 atom stereocenters. The zero-order valence-electron chi connectivity index (χ0n) is 19.5. The molecule has 4 aromatic rings. The van der Waals surface area contributed by atoms with Crippen LogP contribution in [0.5, 0.6) is 0 Å². The van der Waals surface area contributed by atoms with Gasteiger partial charge >= 0.3 is 0 Å². The van der Waals surface area contributed by atoms with Crippen molar-refractivity contribution in [1.82, 2.24) is 0 Å². The molecule has 2 aliphatic rings. The predicted molar refractivity (Wildman–Crippen MR) is 135 cm³/mol. The number of ether oxygens (including phenoxy) is 4. The Bertz CT molecular complexity index is 1120. The highest BCUT2D eigenvalue weighted by Crippen LogP contribution is 2.38. The Morgan fingerprint density at radius 3 is 1.06 bits per heavy atom. The van der Waals surface area contributed by atoms with Crippen LogP contribution in [0.15, 0.2) is 109 Å². The van der Waals surface area contributed by atoms with Crippen LogP contribution in [-0.4, -0.2) is 26.4 Å². The second kappa shape index (κ2) is 9.76. The van der Waals surface area contributed by atoms with Crippen LogP contribution in [-0.2, 0) is 18.9 Å². The van der Waals surface area contributed by atoms with Crippen LogP contribution in [0, 0.1) is 5.41 Å². The van der Waals surface area contributed by atoms with Crippen LogP contribution in [0.2, 0.25) is 0 Å². The lowest BCUT2D eigenvalue weighted by Crippen LogP contribution is -2.49. The van der Waals surface area contributed by atoms with Crippen molar-refractivity contribution in [3.8, 4) is 22.3 Å². The quantitative estimate of drug-likeness (QED) is 0.333. The van der Waals surface area contributed by atoms with Crippen molar-refractivity contribution < 1.29 is 18.9 Å². The average Bonchev–Trinajstić information content (AvgIpc) is 2.95. The molecule has 0 aliphatic carbocycles. The van der Waals surface area contributed by atoms with Crippen molar-refractivity contribution in [2.24, 2.45) is 5.41 Å². The molecule has 2 saturated heterocycles. The van der Waals surface area contributed by atoms with Crippen LogP contribution in [0.4, 0.5) is 0 Å². The molecule has 35 heavy (non-hydrogen) atoms. The van der Waals surface area contributed by atoms with Crippen LogP contribution in [0.25, 0.3) is 22.3 Å². The van der Waals surface area contributed by atoms with Gasteiger partial charge in [0.25, 0.3) is 0 Å². The summed E-state index contributed by atoms with van der Waals surface area (Å²) < 4.78 is 24.5. The maximum atomic E-state index is 6.13. The van der Waals surface area contributed by atoms with E-state index in [1.807, 2.05) is 12.1 Å². The average molecular weight is 465 g/mol. The molecule has 4 nitrogen and oxygen atoms in total. The van der Waals surface area contributed by atoms with Gasteiger partial charge in [-0.25, -0.2) is 0 Å². The Balaban J connectivity index is 1.04. The van der Waals surface area contributed by atoms with E-state index in [0.29, 0.717) is 26.4 Å². The third-order valence-electron chi connectivity index (χ3n) is 6.74. The molecule has 0 unspecified atom stereocenters. The van der Waals surface area contributed by atoms with Crippen LogP contribution >= 0.6 is 0 Å². The summed E-state index contributed by atoms with van der Waals surface area (Å²) in [6.45, 7) is 2.16. The lowest BCUT2D eigenvalue weighted by Gasteiger charge is -2.43. The fourth-order valence-electron chi connectivity index (χ4n) is 4.67.